The molecule has 0 heterocycles. The summed E-state index contributed by atoms with van der Waals surface area (Å²) in [6, 6.07) is 13.9. The normalized spacial score (nSPS) is 10.3. The first kappa shape index (κ1) is 17.4. The molecular weight excluding hydrogens is 337 g/mol. The zero-order valence-corrected chi connectivity index (χ0v) is 13.9. The molecule has 2 rings (SSSR count). The molecule has 0 amide bonds. The first-order valence-corrected chi connectivity index (χ1v) is 8.19. The zero-order chi connectivity index (χ0) is 16.7. The Bertz CT molecular complexity index is 623. The van der Waals surface area contributed by atoms with Gasteiger partial charge in [0, 0.05) is 30.5 Å². The maximum atomic E-state index is 10.8. The van der Waals surface area contributed by atoms with Crippen molar-refractivity contribution in [1.29, 1.82) is 0 Å². The van der Waals surface area contributed by atoms with E-state index in [4.69, 9.17) is 33.0 Å². The number of hydrogen-bond acceptors (Lipinski definition) is 3. The van der Waals surface area contributed by atoms with Crippen LogP contribution in [0.25, 0.3) is 0 Å². The lowest BCUT2D eigenvalue weighted by Gasteiger charge is -2.23. The highest BCUT2D eigenvalue weighted by molar-refractivity contribution is 6.18. The molecule has 0 spiro atoms. The molecule has 0 aromatic heterocycles. The number of carboxylic acid groups (broad SMARTS) is 1. The molecule has 2 aromatic rings. The fourth-order valence-corrected chi connectivity index (χ4v) is 2.51. The van der Waals surface area contributed by atoms with Crippen molar-refractivity contribution in [2.45, 2.75) is 0 Å². The molecule has 1 N–H and O–H groups in total. The lowest BCUT2D eigenvalue weighted by molar-refractivity contribution is 0.0697. The molecule has 0 radical (unpaired) electrons. The largest absolute Gasteiger partial charge is 0.478 e. The number of halogens is 2. The maximum absolute atomic E-state index is 10.8. The van der Waals surface area contributed by atoms with E-state index in [2.05, 4.69) is 4.90 Å². The van der Waals surface area contributed by atoms with Gasteiger partial charge in [-0.15, -0.1) is 23.2 Å². The third kappa shape index (κ3) is 5.05. The molecule has 122 valence electrons. The molecule has 4 nitrogen and oxygen atoms in total. The van der Waals surface area contributed by atoms with Gasteiger partial charge in [0.05, 0.1) is 5.56 Å². The van der Waals surface area contributed by atoms with Gasteiger partial charge in [-0.25, -0.2) is 4.79 Å². The average molecular weight is 354 g/mol. The Kier molecular flexibility index (Phi) is 6.56. The first-order valence-electron chi connectivity index (χ1n) is 7.12. The Balaban J connectivity index is 2.05. The van der Waals surface area contributed by atoms with Crippen LogP contribution in [0.1, 0.15) is 10.4 Å². The van der Waals surface area contributed by atoms with E-state index in [0.717, 1.165) is 18.8 Å². The van der Waals surface area contributed by atoms with Gasteiger partial charge in [-0.2, -0.15) is 0 Å². The van der Waals surface area contributed by atoms with Crippen LogP contribution in [-0.2, 0) is 0 Å². The SMILES string of the molecule is O=C(O)c1ccc(Oc2ccc(N(CCCl)CCCl)cc2)cc1. The summed E-state index contributed by atoms with van der Waals surface area (Å²) in [5.41, 5.74) is 1.25. The number of rotatable bonds is 8. The van der Waals surface area contributed by atoms with E-state index in [0.29, 0.717) is 23.3 Å². The number of anilines is 1. The van der Waals surface area contributed by atoms with E-state index in [1.54, 1.807) is 12.1 Å². The van der Waals surface area contributed by atoms with Crippen LogP contribution in [-0.4, -0.2) is 35.9 Å². The van der Waals surface area contributed by atoms with Crippen LogP contribution >= 0.6 is 23.2 Å². The van der Waals surface area contributed by atoms with Gasteiger partial charge in [-0.3, -0.25) is 0 Å². The van der Waals surface area contributed by atoms with Gasteiger partial charge in [0.2, 0.25) is 0 Å². The van der Waals surface area contributed by atoms with Crippen LogP contribution < -0.4 is 9.64 Å². The molecule has 23 heavy (non-hydrogen) atoms. The minimum Gasteiger partial charge on any atom is -0.478 e. The summed E-state index contributed by atoms with van der Waals surface area (Å²) in [6.07, 6.45) is 0. The van der Waals surface area contributed by atoms with E-state index in [9.17, 15) is 4.79 Å². The summed E-state index contributed by atoms with van der Waals surface area (Å²) >= 11 is 11.6. The fourth-order valence-electron chi connectivity index (χ4n) is 2.10. The van der Waals surface area contributed by atoms with Gasteiger partial charge < -0.3 is 14.7 Å². The molecule has 0 atom stereocenters. The smallest absolute Gasteiger partial charge is 0.335 e. The van der Waals surface area contributed by atoms with Crippen molar-refractivity contribution in [2.24, 2.45) is 0 Å². The topological polar surface area (TPSA) is 49.8 Å². The lowest BCUT2D eigenvalue weighted by atomic mass is 10.2. The summed E-state index contributed by atoms with van der Waals surface area (Å²) in [4.78, 5) is 12.9. The Labute approximate surface area is 145 Å². The molecule has 0 aliphatic carbocycles. The summed E-state index contributed by atoms with van der Waals surface area (Å²) in [5, 5.41) is 8.87. The van der Waals surface area contributed by atoms with Crippen LogP contribution in [0.5, 0.6) is 11.5 Å². The minimum atomic E-state index is -0.959. The molecule has 0 fully saturated rings. The van der Waals surface area contributed by atoms with Crippen molar-refractivity contribution in [1.82, 2.24) is 0 Å². The van der Waals surface area contributed by atoms with Crippen molar-refractivity contribution < 1.29 is 14.6 Å². The molecule has 0 unspecified atom stereocenters. The van der Waals surface area contributed by atoms with Gasteiger partial charge >= 0.3 is 5.97 Å². The summed E-state index contributed by atoms with van der Waals surface area (Å²) in [7, 11) is 0. The van der Waals surface area contributed by atoms with Crippen molar-refractivity contribution in [3.63, 3.8) is 0 Å². The van der Waals surface area contributed by atoms with Gasteiger partial charge in [-0.1, -0.05) is 0 Å². The molecule has 0 aliphatic heterocycles. The van der Waals surface area contributed by atoms with Gasteiger partial charge in [0.1, 0.15) is 11.5 Å². The predicted molar refractivity (Wildman–Crippen MR) is 93.6 cm³/mol. The Morgan fingerprint density at radius 1 is 0.913 bits per heavy atom. The van der Waals surface area contributed by atoms with Crippen LogP contribution in [0.15, 0.2) is 48.5 Å². The van der Waals surface area contributed by atoms with Gasteiger partial charge in [-0.05, 0) is 48.5 Å². The average Bonchev–Trinajstić information content (AvgIpc) is 2.56. The van der Waals surface area contributed by atoms with Crippen molar-refractivity contribution in [2.75, 3.05) is 29.7 Å². The molecule has 2 aromatic carbocycles. The van der Waals surface area contributed by atoms with E-state index in [1.807, 2.05) is 24.3 Å². The molecule has 0 saturated heterocycles. The molecule has 0 saturated carbocycles. The number of aromatic carboxylic acids is 1. The van der Waals surface area contributed by atoms with E-state index in [-0.39, 0.29) is 5.56 Å². The molecule has 6 heteroatoms. The zero-order valence-electron chi connectivity index (χ0n) is 12.4. The third-order valence-electron chi connectivity index (χ3n) is 3.25. The highest BCUT2D eigenvalue weighted by atomic mass is 35.5. The highest BCUT2D eigenvalue weighted by Crippen LogP contribution is 2.25. The third-order valence-corrected chi connectivity index (χ3v) is 3.59. The van der Waals surface area contributed by atoms with Crippen molar-refractivity contribution >= 4 is 34.9 Å². The number of ether oxygens (including phenoxy) is 1. The number of carboxylic acids is 1. The van der Waals surface area contributed by atoms with Crippen LogP contribution in [0.3, 0.4) is 0 Å². The fraction of sp³-hybridized carbons (Fsp3) is 0.235. The standard InChI is InChI=1S/C17H17Cl2NO3/c18-9-11-20(12-10-19)14-3-7-16(8-4-14)23-15-5-1-13(2-6-15)17(21)22/h1-8H,9-12H2,(H,21,22). The number of alkyl halides is 2. The van der Waals surface area contributed by atoms with Crippen LogP contribution in [0, 0.1) is 0 Å². The van der Waals surface area contributed by atoms with E-state index in [1.165, 1.54) is 12.1 Å². The number of nitrogens with zero attached hydrogens (tertiary/aromatic N) is 1. The van der Waals surface area contributed by atoms with Crippen molar-refractivity contribution in [3.05, 3.63) is 54.1 Å². The molecule has 0 aliphatic rings. The highest BCUT2D eigenvalue weighted by Gasteiger charge is 2.06. The van der Waals surface area contributed by atoms with E-state index < -0.39 is 5.97 Å². The monoisotopic (exact) mass is 353 g/mol. The Morgan fingerprint density at radius 3 is 1.83 bits per heavy atom. The quantitative estimate of drug-likeness (QED) is 0.711. The van der Waals surface area contributed by atoms with Crippen LogP contribution in [0.4, 0.5) is 5.69 Å². The minimum absolute atomic E-state index is 0.227. The second kappa shape index (κ2) is 8.65. The van der Waals surface area contributed by atoms with Gasteiger partial charge in [0.15, 0.2) is 0 Å². The predicted octanol–water partition coefficient (Wildman–Crippen LogP) is 4.46. The summed E-state index contributed by atoms with van der Waals surface area (Å²) in [5.74, 6) is 1.37. The number of hydrogen-bond donors (Lipinski definition) is 1. The lowest BCUT2D eigenvalue weighted by Crippen LogP contribution is -2.27. The Hall–Kier alpha value is -1.91. The first-order chi connectivity index (χ1) is 11.1. The van der Waals surface area contributed by atoms with Crippen molar-refractivity contribution in [3.8, 4) is 11.5 Å². The molecular formula is C17H17Cl2NO3. The second-order valence-electron chi connectivity index (χ2n) is 4.79. The number of benzene rings is 2. The second-order valence-corrected chi connectivity index (χ2v) is 5.55. The summed E-state index contributed by atoms with van der Waals surface area (Å²) in [6.45, 7) is 1.45. The van der Waals surface area contributed by atoms with E-state index >= 15 is 0 Å². The summed E-state index contributed by atoms with van der Waals surface area (Å²) < 4.78 is 5.70. The molecule has 0 bridgehead atoms. The van der Waals surface area contributed by atoms with Crippen LogP contribution in [0.2, 0.25) is 0 Å². The number of carbonyl (C=O) groups is 1. The Morgan fingerprint density at radius 2 is 1.39 bits per heavy atom. The maximum Gasteiger partial charge on any atom is 0.335 e. The van der Waals surface area contributed by atoms with Gasteiger partial charge in [0.25, 0.3) is 0 Å².